The summed E-state index contributed by atoms with van der Waals surface area (Å²) in [5, 5.41) is 0. The van der Waals surface area contributed by atoms with Crippen molar-refractivity contribution in [3.8, 4) is 0 Å². The molecule has 0 fully saturated rings. The molecule has 0 unspecified atom stereocenters. The van der Waals surface area contributed by atoms with E-state index in [0.717, 1.165) is 51.4 Å². The monoisotopic (exact) mass is 1140 g/mol. The summed E-state index contributed by atoms with van der Waals surface area (Å²) in [4.78, 5) is 46.6. The fourth-order valence-corrected chi connectivity index (χ4v) is 10.0. The van der Waals surface area contributed by atoms with E-state index in [1.807, 2.05) is 0 Å². The number of carbonyl (C=O) groups is 4. The van der Waals surface area contributed by atoms with Crippen molar-refractivity contribution in [2.45, 2.75) is 414 Å². The second-order valence-corrected chi connectivity index (χ2v) is 23.9. The van der Waals surface area contributed by atoms with Gasteiger partial charge in [0.05, 0.1) is 26.4 Å². The van der Waals surface area contributed by atoms with Crippen LogP contribution in [0.25, 0.3) is 0 Å². The average molecular weight is 1140 g/mol. The van der Waals surface area contributed by atoms with Crippen LogP contribution < -0.4 is 0 Å². The number of hydrogen-bond acceptors (Lipinski definition) is 8. The summed E-state index contributed by atoms with van der Waals surface area (Å²) in [6, 6.07) is 0. The van der Waals surface area contributed by atoms with E-state index >= 15 is 0 Å². The Morgan fingerprint density at radius 3 is 0.425 bits per heavy atom. The van der Waals surface area contributed by atoms with Gasteiger partial charge >= 0.3 is 23.9 Å². The Balaban J connectivity index is -0.00000111. The van der Waals surface area contributed by atoms with Crippen LogP contribution in [0.2, 0.25) is 0 Å². The van der Waals surface area contributed by atoms with Crippen LogP contribution in [0.1, 0.15) is 414 Å². The predicted molar refractivity (Wildman–Crippen MR) is 346 cm³/mol. The van der Waals surface area contributed by atoms with Crippen molar-refractivity contribution in [1.29, 1.82) is 0 Å². The van der Waals surface area contributed by atoms with E-state index in [-0.39, 0.29) is 23.9 Å². The molecule has 0 bridgehead atoms. The summed E-state index contributed by atoms with van der Waals surface area (Å²) in [6.45, 7) is 15.8. The van der Waals surface area contributed by atoms with Crippen molar-refractivity contribution < 1.29 is 38.1 Å². The van der Waals surface area contributed by atoms with Gasteiger partial charge in [-0.2, -0.15) is 0 Å². The molecule has 0 spiro atoms. The Morgan fingerprint density at radius 2 is 0.275 bits per heavy atom. The van der Waals surface area contributed by atoms with Crippen molar-refractivity contribution in [2.24, 2.45) is 0 Å². The SMILES string of the molecule is CCCCCCCCCCCCCCCC(=O)OCCCCCCCC.CCCCCCCCCCCCCCCCCC(=O)OCCCCCCCC.CCCCCCCCOC(=O)CCCCC(=O)OCCCCCCCC. The van der Waals surface area contributed by atoms with Crippen LogP contribution >= 0.6 is 0 Å². The largest absolute Gasteiger partial charge is 0.466 e. The summed E-state index contributed by atoms with van der Waals surface area (Å²) in [5.74, 6) is -0.247. The van der Waals surface area contributed by atoms with Gasteiger partial charge in [-0.1, -0.05) is 337 Å². The smallest absolute Gasteiger partial charge is 0.305 e. The zero-order valence-corrected chi connectivity index (χ0v) is 55.1. The number of unbranched alkanes of at least 4 members (excludes halogenated alkanes) is 47. The highest BCUT2D eigenvalue weighted by Crippen LogP contribution is 2.17. The Bertz CT molecular complexity index is 1160. The minimum Gasteiger partial charge on any atom is -0.466 e. The zero-order valence-electron chi connectivity index (χ0n) is 55.1. The van der Waals surface area contributed by atoms with Gasteiger partial charge in [-0.15, -0.1) is 0 Å². The van der Waals surface area contributed by atoms with Crippen LogP contribution in [-0.4, -0.2) is 50.3 Å². The molecule has 0 saturated carbocycles. The first-order chi connectivity index (χ1) is 39.3. The second kappa shape index (κ2) is 76.9. The first-order valence-electron chi connectivity index (χ1n) is 35.9. The van der Waals surface area contributed by atoms with Crippen LogP contribution in [0.4, 0.5) is 0 Å². The lowest BCUT2D eigenvalue weighted by molar-refractivity contribution is -0.146. The van der Waals surface area contributed by atoms with Crippen LogP contribution in [0.15, 0.2) is 0 Å². The molecule has 0 saturated heterocycles. The maximum Gasteiger partial charge on any atom is 0.305 e. The standard InChI is InChI=1S/C26H52O2.C24H48O2.C22H42O4/c1-3-5-7-9-11-12-13-14-15-16-17-18-19-20-22-24-26(27)28-25-23-21-10-8-6-4-2;1-3-5-7-9-11-12-13-14-15-16-17-18-20-22-24(25)26-23-21-19-10-8-6-4-2;1-3-5-7-9-11-15-19-25-21(23)17-13-14-18-22(24)26-20-16-12-10-8-6-4-2/h3-25H2,1-2H3;3-23H2,1-2H3;3-20H2,1-2H3. The Morgan fingerprint density at radius 1 is 0.163 bits per heavy atom. The highest BCUT2D eigenvalue weighted by molar-refractivity contribution is 5.70. The fourth-order valence-electron chi connectivity index (χ4n) is 10.0. The molecular weight excluding hydrogens is 993 g/mol. The van der Waals surface area contributed by atoms with Crippen molar-refractivity contribution >= 4 is 23.9 Å². The third kappa shape index (κ3) is 80.1. The zero-order chi connectivity index (χ0) is 59.0. The third-order valence-corrected chi connectivity index (χ3v) is 15.5. The Labute approximate surface area is 500 Å². The van der Waals surface area contributed by atoms with E-state index in [1.54, 1.807) is 0 Å². The predicted octanol–water partition coefficient (Wildman–Crippen LogP) is 23.9. The first kappa shape index (κ1) is 82.1. The normalized spacial score (nSPS) is 10.9. The van der Waals surface area contributed by atoms with Gasteiger partial charge in [0.1, 0.15) is 0 Å². The minimum absolute atomic E-state index is 0.0154. The molecular formula is C72H142O8. The molecule has 0 heterocycles. The molecule has 0 aliphatic heterocycles. The summed E-state index contributed by atoms with van der Waals surface area (Å²) in [6.07, 6.45) is 70.5. The van der Waals surface area contributed by atoms with E-state index < -0.39 is 0 Å². The number of esters is 4. The van der Waals surface area contributed by atoms with Gasteiger partial charge in [0.15, 0.2) is 0 Å². The molecule has 0 atom stereocenters. The Hall–Kier alpha value is -2.12. The maximum absolute atomic E-state index is 11.7. The molecule has 478 valence electrons. The Kier molecular flexibility index (Phi) is 78.9. The molecule has 0 aromatic carbocycles. The van der Waals surface area contributed by atoms with Crippen LogP contribution in [-0.2, 0) is 38.1 Å². The van der Waals surface area contributed by atoms with Gasteiger partial charge in [-0.25, -0.2) is 0 Å². The molecule has 0 aromatic rings. The molecule has 0 aromatic heterocycles. The molecule has 0 amide bonds. The maximum atomic E-state index is 11.7. The summed E-state index contributed by atoms with van der Waals surface area (Å²) in [5.41, 5.74) is 0. The van der Waals surface area contributed by atoms with Crippen molar-refractivity contribution in [3.63, 3.8) is 0 Å². The second-order valence-electron chi connectivity index (χ2n) is 23.9. The number of rotatable bonds is 63. The lowest BCUT2D eigenvalue weighted by atomic mass is 10.0. The molecule has 0 radical (unpaired) electrons. The van der Waals surface area contributed by atoms with E-state index in [9.17, 15) is 19.2 Å². The van der Waals surface area contributed by atoms with Crippen LogP contribution in [0.3, 0.4) is 0 Å². The van der Waals surface area contributed by atoms with Crippen molar-refractivity contribution in [2.75, 3.05) is 26.4 Å². The van der Waals surface area contributed by atoms with Crippen molar-refractivity contribution in [1.82, 2.24) is 0 Å². The lowest BCUT2D eigenvalue weighted by Crippen LogP contribution is -2.08. The molecule has 0 N–H and O–H groups in total. The van der Waals surface area contributed by atoms with Crippen LogP contribution in [0.5, 0.6) is 0 Å². The van der Waals surface area contributed by atoms with Crippen molar-refractivity contribution in [3.05, 3.63) is 0 Å². The molecule has 80 heavy (non-hydrogen) atoms. The molecule has 0 rings (SSSR count). The number of carbonyl (C=O) groups excluding carboxylic acids is 4. The van der Waals surface area contributed by atoms with Gasteiger partial charge in [0.2, 0.25) is 0 Å². The first-order valence-corrected chi connectivity index (χ1v) is 35.9. The topological polar surface area (TPSA) is 105 Å². The quantitative estimate of drug-likeness (QED) is 0.0337. The minimum atomic E-state index is -0.140. The van der Waals surface area contributed by atoms with E-state index in [0.29, 0.717) is 65.0 Å². The summed E-state index contributed by atoms with van der Waals surface area (Å²) < 4.78 is 21.1. The van der Waals surface area contributed by atoms with Gasteiger partial charge in [0.25, 0.3) is 0 Å². The molecule has 8 heteroatoms. The van der Waals surface area contributed by atoms with Gasteiger partial charge in [-0.05, 0) is 51.4 Å². The van der Waals surface area contributed by atoms with E-state index in [1.165, 1.54) is 283 Å². The fraction of sp³-hybridized carbons (Fsp3) is 0.944. The highest BCUT2D eigenvalue weighted by Gasteiger charge is 2.08. The molecule has 0 aliphatic carbocycles. The van der Waals surface area contributed by atoms with Gasteiger partial charge in [0, 0.05) is 25.7 Å². The number of hydrogen-bond donors (Lipinski definition) is 0. The van der Waals surface area contributed by atoms with Gasteiger partial charge in [-0.3, -0.25) is 19.2 Å². The molecule has 0 aliphatic rings. The highest BCUT2D eigenvalue weighted by atomic mass is 16.5. The van der Waals surface area contributed by atoms with E-state index in [4.69, 9.17) is 18.9 Å². The third-order valence-electron chi connectivity index (χ3n) is 15.5. The average Bonchev–Trinajstić information content (AvgIpc) is 3.45. The summed E-state index contributed by atoms with van der Waals surface area (Å²) in [7, 11) is 0. The van der Waals surface area contributed by atoms with E-state index in [2.05, 4.69) is 41.5 Å². The lowest BCUT2D eigenvalue weighted by Gasteiger charge is -2.06. The summed E-state index contributed by atoms with van der Waals surface area (Å²) >= 11 is 0. The van der Waals surface area contributed by atoms with Crippen LogP contribution in [0, 0.1) is 0 Å². The molecule has 8 nitrogen and oxygen atoms in total. The number of ether oxygens (including phenoxy) is 4. The van der Waals surface area contributed by atoms with Gasteiger partial charge < -0.3 is 18.9 Å².